The second kappa shape index (κ2) is 7.02. The van der Waals surface area contributed by atoms with Crippen LogP contribution < -0.4 is 11.1 Å². The number of carbonyl (C=O) groups is 1. The van der Waals surface area contributed by atoms with Crippen molar-refractivity contribution >= 4 is 17.4 Å². The van der Waals surface area contributed by atoms with Gasteiger partial charge in [0.1, 0.15) is 11.6 Å². The van der Waals surface area contributed by atoms with Crippen molar-refractivity contribution in [1.29, 1.82) is 10.5 Å². The zero-order valence-electron chi connectivity index (χ0n) is 13.5. The van der Waals surface area contributed by atoms with E-state index in [4.69, 9.17) is 11.0 Å². The minimum atomic E-state index is -0.609. The molecule has 3 rings (SSSR count). The Morgan fingerprint density at radius 3 is 2.84 bits per heavy atom. The summed E-state index contributed by atoms with van der Waals surface area (Å²) in [5.41, 5.74) is 6.63. The molecular formula is C17H17N7O. The fourth-order valence-electron chi connectivity index (χ4n) is 3.12. The molecule has 1 aliphatic rings. The Kier molecular flexibility index (Phi) is 4.62. The van der Waals surface area contributed by atoms with E-state index in [1.54, 1.807) is 16.9 Å². The molecule has 25 heavy (non-hydrogen) atoms. The number of carbonyl (C=O) groups excluding carboxylic acids is 1. The molecule has 2 atom stereocenters. The third-order valence-electron chi connectivity index (χ3n) is 4.36. The molecular weight excluding hydrogens is 318 g/mol. The first-order valence-corrected chi connectivity index (χ1v) is 8.03. The lowest BCUT2D eigenvalue weighted by atomic mass is 9.85. The predicted molar refractivity (Wildman–Crippen MR) is 89.6 cm³/mol. The molecule has 2 unspecified atom stereocenters. The average molecular weight is 335 g/mol. The summed E-state index contributed by atoms with van der Waals surface area (Å²) in [4.78, 5) is 15.7. The summed E-state index contributed by atoms with van der Waals surface area (Å²) in [5, 5.41) is 25.8. The van der Waals surface area contributed by atoms with Crippen molar-refractivity contribution in [3.63, 3.8) is 0 Å². The first-order valence-electron chi connectivity index (χ1n) is 8.03. The maximum absolute atomic E-state index is 11.8. The average Bonchev–Trinajstić information content (AvgIpc) is 3.05. The normalized spacial score (nSPS) is 19.6. The van der Waals surface area contributed by atoms with Crippen molar-refractivity contribution in [2.75, 3.05) is 5.32 Å². The Morgan fingerprint density at radius 2 is 2.12 bits per heavy atom. The summed E-state index contributed by atoms with van der Waals surface area (Å²) in [6.45, 7) is 0. The molecule has 1 saturated carbocycles. The summed E-state index contributed by atoms with van der Waals surface area (Å²) < 4.78 is 1.66. The van der Waals surface area contributed by atoms with E-state index in [9.17, 15) is 10.1 Å². The number of hydrogen-bond donors (Lipinski definition) is 2. The quantitative estimate of drug-likeness (QED) is 0.880. The fourth-order valence-corrected chi connectivity index (χ4v) is 3.12. The van der Waals surface area contributed by atoms with Crippen molar-refractivity contribution in [2.24, 2.45) is 11.7 Å². The first-order chi connectivity index (χ1) is 12.1. The molecule has 8 nitrogen and oxygen atoms in total. The van der Waals surface area contributed by atoms with E-state index >= 15 is 0 Å². The molecule has 0 aliphatic heterocycles. The molecule has 2 aromatic rings. The molecule has 2 aromatic heterocycles. The lowest BCUT2D eigenvalue weighted by Crippen LogP contribution is -2.22. The number of pyridine rings is 1. The highest BCUT2D eigenvalue weighted by Gasteiger charge is 2.28. The van der Waals surface area contributed by atoms with Crippen molar-refractivity contribution < 1.29 is 4.79 Å². The van der Waals surface area contributed by atoms with Gasteiger partial charge in [-0.2, -0.15) is 15.6 Å². The Labute approximate surface area is 144 Å². The molecule has 0 aromatic carbocycles. The van der Waals surface area contributed by atoms with E-state index in [2.05, 4.69) is 21.5 Å². The highest BCUT2D eigenvalue weighted by Crippen LogP contribution is 2.34. The monoisotopic (exact) mass is 335 g/mol. The second-order valence-corrected chi connectivity index (χ2v) is 6.02. The summed E-state index contributed by atoms with van der Waals surface area (Å²) in [5.74, 6) is -0.445. The second-order valence-electron chi connectivity index (χ2n) is 6.02. The van der Waals surface area contributed by atoms with Gasteiger partial charge in [-0.05, 0) is 18.9 Å². The van der Waals surface area contributed by atoms with Gasteiger partial charge < -0.3 is 11.1 Å². The Bertz CT molecular complexity index is 874. The molecule has 1 amide bonds. The number of amides is 1. The number of primary amides is 1. The van der Waals surface area contributed by atoms with Crippen LogP contribution in [0.15, 0.2) is 24.7 Å². The molecule has 1 fully saturated rings. The third kappa shape index (κ3) is 3.43. The van der Waals surface area contributed by atoms with Crippen LogP contribution in [0.2, 0.25) is 0 Å². The van der Waals surface area contributed by atoms with Crippen LogP contribution in [-0.2, 0) is 0 Å². The van der Waals surface area contributed by atoms with Gasteiger partial charge in [0.2, 0.25) is 0 Å². The molecule has 126 valence electrons. The van der Waals surface area contributed by atoms with Gasteiger partial charge >= 0.3 is 0 Å². The number of anilines is 2. The van der Waals surface area contributed by atoms with Crippen molar-refractivity contribution in [3.05, 3.63) is 35.8 Å². The van der Waals surface area contributed by atoms with E-state index in [0.29, 0.717) is 17.1 Å². The van der Waals surface area contributed by atoms with Gasteiger partial charge in [-0.1, -0.05) is 12.8 Å². The van der Waals surface area contributed by atoms with Crippen molar-refractivity contribution in [3.8, 4) is 12.1 Å². The van der Waals surface area contributed by atoms with Crippen LogP contribution in [0.1, 0.15) is 47.6 Å². The minimum Gasteiger partial charge on any atom is -0.365 e. The highest BCUT2D eigenvalue weighted by molar-refractivity contribution is 5.98. The number of nitrogens with zero attached hydrogens (tertiary/aromatic N) is 5. The van der Waals surface area contributed by atoms with Crippen LogP contribution in [-0.4, -0.2) is 20.7 Å². The first kappa shape index (κ1) is 16.5. The Balaban J connectivity index is 1.93. The van der Waals surface area contributed by atoms with Crippen LogP contribution in [0.3, 0.4) is 0 Å². The molecule has 0 spiro atoms. The summed E-state index contributed by atoms with van der Waals surface area (Å²) in [6, 6.07) is 5.87. The van der Waals surface area contributed by atoms with E-state index in [1.807, 2.05) is 6.07 Å². The number of nitriles is 2. The van der Waals surface area contributed by atoms with E-state index in [1.165, 1.54) is 12.4 Å². The Morgan fingerprint density at radius 1 is 1.32 bits per heavy atom. The minimum absolute atomic E-state index is 0.0732. The number of hydrogen-bond acceptors (Lipinski definition) is 6. The molecule has 3 N–H and O–H groups in total. The van der Waals surface area contributed by atoms with Crippen LogP contribution >= 0.6 is 0 Å². The largest absolute Gasteiger partial charge is 0.365 e. The topological polar surface area (TPSA) is 133 Å². The standard InChI is InChI=1S/C17H17N7O/c18-6-11-5-13(9-21-8-11)22-17-14(16(20)25)10-24(23-17)15-4-2-1-3-12(15)7-19/h5,8-10,12,15H,1-4H2,(H2,20,25)(H,22,23). The third-order valence-corrected chi connectivity index (χ3v) is 4.36. The zero-order chi connectivity index (χ0) is 17.8. The van der Waals surface area contributed by atoms with Gasteiger partial charge in [0.05, 0.1) is 35.5 Å². The van der Waals surface area contributed by atoms with Crippen LogP contribution in [0, 0.1) is 28.6 Å². The van der Waals surface area contributed by atoms with Gasteiger partial charge in [-0.25, -0.2) is 0 Å². The lowest BCUT2D eigenvalue weighted by Gasteiger charge is -2.26. The smallest absolute Gasteiger partial charge is 0.254 e. The molecule has 2 heterocycles. The van der Waals surface area contributed by atoms with Gasteiger partial charge in [-0.15, -0.1) is 0 Å². The molecule has 1 aliphatic carbocycles. The predicted octanol–water partition coefficient (Wildman–Crippen LogP) is 2.25. The number of nitrogens with two attached hydrogens (primary N) is 1. The lowest BCUT2D eigenvalue weighted by molar-refractivity contribution is 0.100. The number of nitrogens with one attached hydrogen (secondary N) is 1. The van der Waals surface area contributed by atoms with Gasteiger partial charge in [0.25, 0.3) is 5.91 Å². The van der Waals surface area contributed by atoms with Crippen molar-refractivity contribution in [2.45, 2.75) is 31.7 Å². The van der Waals surface area contributed by atoms with Crippen molar-refractivity contribution in [1.82, 2.24) is 14.8 Å². The fraction of sp³-hybridized carbons (Fsp3) is 0.353. The summed E-state index contributed by atoms with van der Waals surface area (Å²) in [6.07, 6.45) is 8.27. The van der Waals surface area contributed by atoms with Crippen LogP contribution in [0.5, 0.6) is 0 Å². The van der Waals surface area contributed by atoms with E-state index in [0.717, 1.165) is 25.7 Å². The van der Waals surface area contributed by atoms with Crippen LogP contribution in [0.25, 0.3) is 0 Å². The van der Waals surface area contributed by atoms with E-state index < -0.39 is 5.91 Å². The Hall–Kier alpha value is -3.39. The molecule has 0 saturated heterocycles. The summed E-state index contributed by atoms with van der Waals surface area (Å²) in [7, 11) is 0. The van der Waals surface area contributed by atoms with E-state index in [-0.39, 0.29) is 17.5 Å². The number of aromatic nitrogens is 3. The SMILES string of the molecule is N#Cc1cncc(Nc2nn(C3CCCCC3C#N)cc2C(N)=O)c1. The molecule has 8 heteroatoms. The maximum atomic E-state index is 11.8. The van der Waals surface area contributed by atoms with Crippen LogP contribution in [0.4, 0.5) is 11.5 Å². The summed E-state index contributed by atoms with van der Waals surface area (Å²) >= 11 is 0. The maximum Gasteiger partial charge on any atom is 0.254 e. The highest BCUT2D eigenvalue weighted by atomic mass is 16.1. The zero-order valence-corrected chi connectivity index (χ0v) is 13.5. The van der Waals surface area contributed by atoms with Gasteiger partial charge in [0.15, 0.2) is 5.82 Å². The molecule has 0 radical (unpaired) electrons. The van der Waals surface area contributed by atoms with Gasteiger partial charge in [-0.3, -0.25) is 14.5 Å². The molecule has 0 bridgehead atoms. The van der Waals surface area contributed by atoms with Gasteiger partial charge in [0, 0.05) is 12.4 Å². The number of rotatable bonds is 4.